The van der Waals surface area contributed by atoms with E-state index in [1.807, 2.05) is 13.8 Å². The molecule has 7 heteroatoms. The number of rotatable bonds is 3. The van der Waals surface area contributed by atoms with Crippen LogP contribution in [0.4, 0.5) is 5.82 Å². The van der Waals surface area contributed by atoms with Gasteiger partial charge in [0.25, 0.3) is 5.91 Å². The number of nitriles is 1. The van der Waals surface area contributed by atoms with E-state index in [-0.39, 0.29) is 11.9 Å². The molecule has 1 aliphatic rings. The summed E-state index contributed by atoms with van der Waals surface area (Å²) in [6, 6.07) is 5.61. The van der Waals surface area contributed by atoms with Crippen molar-refractivity contribution in [1.82, 2.24) is 15.3 Å². The van der Waals surface area contributed by atoms with Crippen molar-refractivity contribution in [2.45, 2.75) is 32.7 Å². The molecule has 134 valence electrons. The molecule has 0 aromatic carbocycles. The zero-order valence-corrected chi connectivity index (χ0v) is 15.5. The molecule has 1 saturated heterocycles. The molecule has 0 saturated carbocycles. The van der Waals surface area contributed by atoms with Gasteiger partial charge < -0.3 is 10.2 Å². The molecule has 6 nitrogen and oxygen atoms in total. The van der Waals surface area contributed by atoms with E-state index in [4.69, 9.17) is 11.6 Å². The second-order valence-electron chi connectivity index (χ2n) is 6.44. The number of piperidine rings is 1. The van der Waals surface area contributed by atoms with Crippen molar-refractivity contribution in [3.63, 3.8) is 0 Å². The van der Waals surface area contributed by atoms with Crippen molar-refractivity contribution in [2.24, 2.45) is 0 Å². The quantitative estimate of drug-likeness (QED) is 0.899. The summed E-state index contributed by atoms with van der Waals surface area (Å²) >= 11 is 6.24. The van der Waals surface area contributed by atoms with Crippen LogP contribution in [0.15, 0.2) is 24.5 Å². The van der Waals surface area contributed by atoms with Crippen molar-refractivity contribution in [2.75, 3.05) is 18.0 Å². The molecule has 26 heavy (non-hydrogen) atoms. The highest BCUT2D eigenvalue weighted by molar-refractivity contribution is 6.32. The van der Waals surface area contributed by atoms with Crippen LogP contribution in [0.2, 0.25) is 5.02 Å². The van der Waals surface area contributed by atoms with Crippen LogP contribution in [0.1, 0.15) is 40.0 Å². The van der Waals surface area contributed by atoms with E-state index in [9.17, 15) is 10.1 Å². The first-order valence-electron chi connectivity index (χ1n) is 8.54. The zero-order valence-electron chi connectivity index (χ0n) is 14.8. The van der Waals surface area contributed by atoms with E-state index < -0.39 is 0 Å². The highest BCUT2D eigenvalue weighted by atomic mass is 35.5. The second-order valence-corrected chi connectivity index (χ2v) is 6.82. The smallest absolute Gasteiger partial charge is 0.251 e. The van der Waals surface area contributed by atoms with Crippen molar-refractivity contribution < 1.29 is 4.79 Å². The summed E-state index contributed by atoms with van der Waals surface area (Å²) < 4.78 is 0. The first-order chi connectivity index (χ1) is 12.5. The summed E-state index contributed by atoms with van der Waals surface area (Å²) in [5, 5.41) is 13.2. The first-order valence-corrected chi connectivity index (χ1v) is 8.91. The lowest BCUT2D eigenvalue weighted by atomic mass is 10.0. The molecule has 2 aromatic heterocycles. The van der Waals surface area contributed by atoms with Crippen LogP contribution in [-0.2, 0) is 0 Å². The fourth-order valence-electron chi connectivity index (χ4n) is 3.23. The van der Waals surface area contributed by atoms with Crippen molar-refractivity contribution in [3.8, 4) is 6.07 Å². The Bertz CT molecular complexity index is 862. The number of pyridine rings is 2. The summed E-state index contributed by atoms with van der Waals surface area (Å²) in [6.07, 6.45) is 5.00. The molecular weight excluding hydrogens is 350 g/mol. The van der Waals surface area contributed by atoms with Crippen LogP contribution in [0.3, 0.4) is 0 Å². The first kappa shape index (κ1) is 18.2. The number of anilines is 1. The molecule has 0 radical (unpaired) electrons. The lowest BCUT2D eigenvalue weighted by molar-refractivity contribution is 0.0933. The molecule has 3 heterocycles. The summed E-state index contributed by atoms with van der Waals surface area (Å²) in [6.45, 7) is 5.08. The number of aryl methyl sites for hydroxylation is 1. The number of hydrogen-bond donors (Lipinski definition) is 1. The van der Waals surface area contributed by atoms with Gasteiger partial charge in [-0.2, -0.15) is 5.26 Å². The van der Waals surface area contributed by atoms with Gasteiger partial charge in [-0.25, -0.2) is 4.98 Å². The number of amides is 1. The molecule has 0 spiro atoms. The SMILES string of the molecule is Cc1nc(N2CCCC(NC(=O)c3ccncc3)C2)c(C#N)c(C)c1Cl. The van der Waals surface area contributed by atoms with Crippen molar-refractivity contribution in [3.05, 3.63) is 51.9 Å². The normalized spacial score (nSPS) is 16.8. The monoisotopic (exact) mass is 369 g/mol. The average molecular weight is 370 g/mol. The minimum absolute atomic E-state index is 0.00551. The topological polar surface area (TPSA) is 81.9 Å². The molecule has 0 bridgehead atoms. The Balaban J connectivity index is 1.79. The van der Waals surface area contributed by atoms with Gasteiger partial charge in [0.2, 0.25) is 0 Å². The fourth-order valence-corrected chi connectivity index (χ4v) is 3.37. The maximum Gasteiger partial charge on any atom is 0.251 e. The van der Waals surface area contributed by atoms with Crippen LogP contribution < -0.4 is 10.2 Å². The van der Waals surface area contributed by atoms with Gasteiger partial charge >= 0.3 is 0 Å². The highest BCUT2D eigenvalue weighted by Gasteiger charge is 2.26. The van der Waals surface area contributed by atoms with Gasteiger partial charge in [-0.3, -0.25) is 9.78 Å². The predicted molar refractivity (Wildman–Crippen MR) is 100 cm³/mol. The average Bonchev–Trinajstić information content (AvgIpc) is 2.67. The number of hydrogen-bond acceptors (Lipinski definition) is 5. The minimum Gasteiger partial charge on any atom is -0.353 e. The molecule has 0 aliphatic carbocycles. The van der Waals surface area contributed by atoms with E-state index >= 15 is 0 Å². The number of nitrogens with one attached hydrogen (secondary N) is 1. The third kappa shape index (κ3) is 3.63. The number of aromatic nitrogens is 2. The third-order valence-electron chi connectivity index (χ3n) is 4.63. The van der Waals surface area contributed by atoms with Gasteiger partial charge in [0.1, 0.15) is 11.9 Å². The molecule has 1 unspecified atom stereocenters. The Morgan fingerprint density at radius 1 is 1.38 bits per heavy atom. The molecule has 1 fully saturated rings. The molecule has 1 N–H and O–H groups in total. The minimum atomic E-state index is -0.115. The molecule has 1 atom stereocenters. The van der Waals surface area contributed by atoms with Crippen molar-refractivity contribution >= 4 is 23.3 Å². The summed E-state index contributed by atoms with van der Waals surface area (Å²) in [7, 11) is 0. The number of carbonyl (C=O) groups is 1. The van der Waals surface area contributed by atoms with E-state index in [0.29, 0.717) is 34.2 Å². The Hall–Kier alpha value is -2.65. The molecule has 2 aromatic rings. The van der Waals surface area contributed by atoms with Crippen LogP contribution in [-0.4, -0.2) is 35.0 Å². The summed E-state index contributed by atoms with van der Waals surface area (Å²) in [5.74, 6) is 0.533. The lowest BCUT2D eigenvalue weighted by Gasteiger charge is -2.35. The van der Waals surface area contributed by atoms with E-state index in [0.717, 1.165) is 24.9 Å². The van der Waals surface area contributed by atoms with Gasteiger partial charge in [-0.05, 0) is 44.4 Å². The summed E-state index contributed by atoms with van der Waals surface area (Å²) in [5.41, 5.74) is 2.55. The Morgan fingerprint density at radius 2 is 2.12 bits per heavy atom. The van der Waals surface area contributed by atoms with E-state index in [1.165, 1.54) is 0 Å². The van der Waals surface area contributed by atoms with Gasteiger partial charge in [0.15, 0.2) is 0 Å². The Morgan fingerprint density at radius 3 is 2.81 bits per heavy atom. The van der Waals surface area contributed by atoms with Gasteiger partial charge in [-0.1, -0.05) is 11.6 Å². The largest absolute Gasteiger partial charge is 0.353 e. The second kappa shape index (κ2) is 7.71. The van der Waals surface area contributed by atoms with Gasteiger partial charge in [-0.15, -0.1) is 0 Å². The standard InChI is InChI=1S/C19H20ClN5O/c1-12-16(10-21)18(23-13(2)17(12)20)25-9-3-4-15(11-25)24-19(26)14-5-7-22-8-6-14/h5-8,15H,3-4,9,11H2,1-2H3,(H,24,26). The number of carbonyl (C=O) groups excluding carboxylic acids is 1. The molecule has 1 amide bonds. The molecular formula is C19H20ClN5O. The van der Waals surface area contributed by atoms with Crippen molar-refractivity contribution in [1.29, 1.82) is 5.26 Å². The Labute approximate surface area is 157 Å². The predicted octanol–water partition coefficient (Wildman–Crippen LogP) is 3.02. The highest BCUT2D eigenvalue weighted by Crippen LogP contribution is 2.30. The van der Waals surface area contributed by atoms with E-state index in [1.54, 1.807) is 24.5 Å². The Kier molecular flexibility index (Phi) is 5.38. The van der Waals surface area contributed by atoms with Gasteiger partial charge in [0, 0.05) is 37.1 Å². The van der Waals surface area contributed by atoms with Gasteiger partial charge in [0.05, 0.1) is 16.3 Å². The zero-order chi connectivity index (χ0) is 18.7. The lowest BCUT2D eigenvalue weighted by Crippen LogP contribution is -2.48. The third-order valence-corrected chi connectivity index (χ3v) is 5.19. The van der Waals surface area contributed by atoms with E-state index in [2.05, 4.69) is 26.3 Å². The summed E-state index contributed by atoms with van der Waals surface area (Å²) in [4.78, 5) is 22.9. The van der Waals surface area contributed by atoms with Crippen LogP contribution >= 0.6 is 11.6 Å². The fraction of sp³-hybridized carbons (Fsp3) is 0.368. The molecule has 1 aliphatic heterocycles. The number of nitrogens with zero attached hydrogens (tertiary/aromatic N) is 4. The van der Waals surface area contributed by atoms with Crippen LogP contribution in [0, 0.1) is 25.2 Å². The van der Waals surface area contributed by atoms with Crippen LogP contribution in [0.5, 0.6) is 0 Å². The maximum absolute atomic E-state index is 12.4. The van der Waals surface area contributed by atoms with Crippen LogP contribution in [0.25, 0.3) is 0 Å². The number of halogens is 1. The molecule has 3 rings (SSSR count). The maximum atomic E-state index is 12.4.